The van der Waals surface area contributed by atoms with E-state index in [1.807, 2.05) is 70.5 Å². The van der Waals surface area contributed by atoms with Crippen LogP contribution in [0.25, 0.3) is 0 Å². The summed E-state index contributed by atoms with van der Waals surface area (Å²) >= 11 is 0. The Morgan fingerprint density at radius 2 is 1.82 bits per heavy atom. The second-order valence-electron chi connectivity index (χ2n) is 8.23. The van der Waals surface area contributed by atoms with Crippen LogP contribution in [0, 0.1) is 0 Å². The number of nitrogens with zero attached hydrogens (tertiary/aromatic N) is 3. The summed E-state index contributed by atoms with van der Waals surface area (Å²) in [6.07, 6.45) is 5.30. The van der Waals surface area contributed by atoms with Crippen molar-refractivity contribution in [3.05, 3.63) is 48.8 Å². The van der Waals surface area contributed by atoms with Gasteiger partial charge in [-0.05, 0) is 51.8 Å². The number of pyridine rings is 1. The Hall–Kier alpha value is -2.76. The van der Waals surface area contributed by atoms with Crippen molar-refractivity contribution in [3.63, 3.8) is 0 Å². The standard InChI is InChI=1S/C22H30N4O2/c1-22(2,3)28-21(27)25(4)19-10-12-26(13-11-19)20-14-18(15-23-16-20)24-17-8-6-5-7-9-17/h5-9,14-16,19,24H,10-13H2,1-4H3. The van der Waals surface area contributed by atoms with E-state index >= 15 is 0 Å². The molecule has 1 N–H and O–H groups in total. The molecule has 150 valence electrons. The van der Waals surface area contributed by atoms with Crippen LogP contribution in [-0.4, -0.2) is 47.8 Å². The molecule has 0 saturated carbocycles. The lowest BCUT2D eigenvalue weighted by molar-refractivity contribution is 0.0201. The zero-order chi connectivity index (χ0) is 20.1. The largest absolute Gasteiger partial charge is 0.444 e. The topological polar surface area (TPSA) is 57.7 Å². The minimum Gasteiger partial charge on any atom is -0.444 e. The number of aromatic nitrogens is 1. The van der Waals surface area contributed by atoms with Gasteiger partial charge in [-0.2, -0.15) is 0 Å². The van der Waals surface area contributed by atoms with E-state index in [0.29, 0.717) is 0 Å². The third-order valence-electron chi connectivity index (χ3n) is 4.85. The number of nitrogens with one attached hydrogen (secondary N) is 1. The smallest absolute Gasteiger partial charge is 0.410 e. The van der Waals surface area contributed by atoms with E-state index in [-0.39, 0.29) is 12.1 Å². The molecule has 0 bridgehead atoms. The van der Waals surface area contributed by atoms with Crippen LogP contribution in [-0.2, 0) is 4.74 Å². The Balaban J connectivity index is 1.57. The molecule has 28 heavy (non-hydrogen) atoms. The molecule has 0 atom stereocenters. The van der Waals surface area contributed by atoms with E-state index in [9.17, 15) is 4.79 Å². The highest BCUT2D eigenvalue weighted by atomic mass is 16.6. The van der Waals surface area contributed by atoms with Crippen LogP contribution < -0.4 is 10.2 Å². The monoisotopic (exact) mass is 382 g/mol. The second kappa shape index (κ2) is 8.50. The molecule has 6 nitrogen and oxygen atoms in total. The van der Waals surface area contributed by atoms with Crippen LogP contribution in [0.1, 0.15) is 33.6 Å². The quantitative estimate of drug-likeness (QED) is 0.833. The van der Waals surface area contributed by atoms with Crippen molar-refractivity contribution in [3.8, 4) is 0 Å². The zero-order valence-electron chi connectivity index (χ0n) is 17.2. The summed E-state index contributed by atoms with van der Waals surface area (Å²) in [6.45, 7) is 7.45. The molecule has 1 aromatic carbocycles. The minimum atomic E-state index is -0.468. The number of ether oxygens (including phenoxy) is 1. The van der Waals surface area contributed by atoms with Gasteiger partial charge in [-0.15, -0.1) is 0 Å². The Kier molecular flexibility index (Phi) is 6.07. The Morgan fingerprint density at radius 3 is 2.46 bits per heavy atom. The summed E-state index contributed by atoms with van der Waals surface area (Å²) in [5, 5.41) is 3.39. The SMILES string of the molecule is CN(C(=O)OC(C)(C)C)C1CCN(c2cncc(Nc3ccccc3)c2)CC1. The molecule has 1 aliphatic heterocycles. The maximum atomic E-state index is 12.3. The number of hydrogen-bond acceptors (Lipinski definition) is 5. The molecule has 2 aromatic rings. The summed E-state index contributed by atoms with van der Waals surface area (Å²) in [7, 11) is 1.83. The van der Waals surface area contributed by atoms with Crippen LogP contribution in [0.15, 0.2) is 48.8 Å². The van der Waals surface area contributed by atoms with Crippen molar-refractivity contribution in [2.45, 2.75) is 45.3 Å². The van der Waals surface area contributed by atoms with Gasteiger partial charge in [0.25, 0.3) is 0 Å². The number of carbonyl (C=O) groups excluding carboxylic acids is 1. The van der Waals surface area contributed by atoms with E-state index < -0.39 is 5.60 Å². The molecule has 6 heteroatoms. The van der Waals surface area contributed by atoms with Crippen molar-refractivity contribution in [2.75, 3.05) is 30.4 Å². The summed E-state index contributed by atoms with van der Waals surface area (Å²) in [5.41, 5.74) is 2.64. The Labute approximate surface area is 167 Å². The van der Waals surface area contributed by atoms with Gasteiger partial charge in [0, 0.05) is 31.9 Å². The van der Waals surface area contributed by atoms with Gasteiger partial charge in [0.15, 0.2) is 0 Å². The van der Waals surface area contributed by atoms with E-state index in [2.05, 4.69) is 21.3 Å². The zero-order valence-corrected chi connectivity index (χ0v) is 17.2. The molecule has 0 spiro atoms. The molecule has 0 unspecified atom stereocenters. The fourth-order valence-corrected chi connectivity index (χ4v) is 3.35. The van der Waals surface area contributed by atoms with E-state index in [1.165, 1.54) is 0 Å². The highest BCUT2D eigenvalue weighted by Gasteiger charge is 2.28. The highest BCUT2D eigenvalue weighted by Crippen LogP contribution is 2.26. The van der Waals surface area contributed by atoms with Gasteiger partial charge in [0.05, 0.1) is 23.8 Å². The predicted octanol–water partition coefficient (Wildman–Crippen LogP) is 4.66. The Bertz CT molecular complexity index is 781. The molecule has 1 amide bonds. The van der Waals surface area contributed by atoms with Gasteiger partial charge in [0.1, 0.15) is 5.60 Å². The molecule has 1 fully saturated rings. The van der Waals surface area contributed by atoms with Gasteiger partial charge < -0.3 is 19.9 Å². The van der Waals surface area contributed by atoms with Crippen LogP contribution in [0.2, 0.25) is 0 Å². The number of benzene rings is 1. The molecule has 0 aliphatic carbocycles. The summed E-state index contributed by atoms with van der Waals surface area (Å²) in [5.74, 6) is 0. The van der Waals surface area contributed by atoms with Crippen LogP contribution in [0.5, 0.6) is 0 Å². The molecule has 1 saturated heterocycles. The third-order valence-corrected chi connectivity index (χ3v) is 4.85. The fraction of sp³-hybridized carbons (Fsp3) is 0.455. The molecular weight excluding hydrogens is 352 g/mol. The van der Waals surface area contributed by atoms with Crippen LogP contribution in [0.3, 0.4) is 0 Å². The molecule has 2 heterocycles. The number of carbonyl (C=O) groups is 1. The van der Waals surface area contributed by atoms with Gasteiger partial charge >= 0.3 is 6.09 Å². The molecule has 1 aliphatic rings. The maximum Gasteiger partial charge on any atom is 0.410 e. The average Bonchev–Trinajstić information content (AvgIpc) is 2.67. The lowest BCUT2D eigenvalue weighted by Crippen LogP contribution is -2.47. The number of amides is 1. The highest BCUT2D eigenvalue weighted by molar-refractivity contribution is 5.68. The average molecular weight is 383 g/mol. The fourth-order valence-electron chi connectivity index (χ4n) is 3.35. The van der Waals surface area contributed by atoms with Crippen molar-refractivity contribution in [1.29, 1.82) is 0 Å². The second-order valence-corrected chi connectivity index (χ2v) is 8.23. The van der Waals surface area contributed by atoms with Gasteiger partial charge in [-0.25, -0.2) is 4.79 Å². The first-order chi connectivity index (χ1) is 13.3. The number of rotatable bonds is 4. The van der Waals surface area contributed by atoms with Crippen LogP contribution >= 0.6 is 0 Å². The van der Waals surface area contributed by atoms with Crippen LogP contribution in [0.4, 0.5) is 21.9 Å². The number of hydrogen-bond donors (Lipinski definition) is 1. The van der Waals surface area contributed by atoms with E-state index in [4.69, 9.17) is 4.74 Å². The summed E-state index contributed by atoms with van der Waals surface area (Å²) in [4.78, 5) is 20.8. The van der Waals surface area contributed by atoms with Gasteiger partial charge in [-0.1, -0.05) is 18.2 Å². The van der Waals surface area contributed by atoms with Crippen molar-refractivity contribution < 1.29 is 9.53 Å². The molecule has 0 radical (unpaired) electrons. The molecular formula is C22H30N4O2. The lowest BCUT2D eigenvalue weighted by Gasteiger charge is -2.38. The van der Waals surface area contributed by atoms with Gasteiger partial charge in [-0.3, -0.25) is 4.98 Å². The van der Waals surface area contributed by atoms with Gasteiger partial charge in [0.2, 0.25) is 0 Å². The number of para-hydroxylation sites is 1. The first-order valence-electron chi connectivity index (χ1n) is 9.80. The van der Waals surface area contributed by atoms with Crippen molar-refractivity contribution in [1.82, 2.24) is 9.88 Å². The lowest BCUT2D eigenvalue weighted by atomic mass is 10.0. The minimum absolute atomic E-state index is 0.199. The summed E-state index contributed by atoms with van der Waals surface area (Å²) < 4.78 is 5.49. The maximum absolute atomic E-state index is 12.3. The first kappa shape index (κ1) is 20.0. The molecule has 3 rings (SSSR count). The number of anilines is 3. The van der Waals surface area contributed by atoms with E-state index in [1.54, 1.807) is 4.90 Å². The normalized spacial score (nSPS) is 15.2. The predicted molar refractivity (Wildman–Crippen MR) is 113 cm³/mol. The summed E-state index contributed by atoms with van der Waals surface area (Å²) in [6, 6.07) is 12.4. The third kappa shape index (κ3) is 5.38. The number of piperidine rings is 1. The van der Waals surface area contributed by atoms with Crippen molar-refractivity contribution in [2.24, 2.45) is 0 Å². The van der Waals surface area contributed by atoms with Crippen molar-refractivity contribution >= 4 is 23.2 Å². The first-order valence-corrected chi connectivity index (χ1v) is 9.80. The molecule has 1 aromatic heterocycles. The van der Waals surface area contributed by atoms with E-state index in [0.717, 1.165) is 43.0 Å². The Morgan fingerprint density at radius 1 is 1.14 bits per heavy atom.